The molecule has 0 unspecified atom stereocenters. The number of nitrogens with zero attached hydrogens (tertiary/aromatic N) is 7. The SMILES string of the molecule is CC(C)(C)OC(=O)CCCCCCNC(=O)c1ccc(=O)n(S(=O)(=O)c2cccc(C(=O)NCc3cn(CCOCCOCCOCCOCCNc4ccc([N+](=O)[O-])c5nonc45)nn3)c2)c1. The van der Waals surface area contributed by atoms with Gasteiger partial charge in [-0.3, -0.25) is 29.3 Å². The number of benzene rings is 2. The lowest BCUT2D eigenvalue weighted by Crippen LogP contribution is -2.30. The molecule has 0 aliphatic carbocycles. The number of nitro groups is 1. The third-order valence-corrected chi connectivity index (χ3v) is 11.2. The summed E-state index contributed by atoms with van der Waals surface area (Å²) in [6.07, 6.45) is 5.70. The number of non-ortho nitro benzene ring substituents is 1. The maximum atomic E-state index is 13.6. The Morgan fingerprint density at radius 2 is 1.46 bits per heavy atom. The molecule has 5 aromatic rings. The smallest absolute Gasteiger partial charge is 0.306 e. The molecule has 25 heteroatoms. The quantitative estimate of drug-likeness (QED) is 0.0257. The first-order valence-corrected chi connectivity index (χ1v) is 23.3. The highest BCUT2D eigenvalue weighted by molar-refractivity contribution is 7.90. The second-order valence-electron chi connectivity index (χ2n) is 16.0. The first-order valence-electron chi connectivity index (χ1n) is 21.8. The molecule has 368 valence electrons. The van der Waals surface area contributed by atoms with Gasteiger partial charge in [0.05, 0.1) is 93.2 Å². The molecule has 24 nitrogen and oxygen atoms in total. The molecule has 0 saturated heterocycles. The average molecular weight is 969 g/mol. The van der Waals surface area contributed by atoms with Crippen molar-refractivity contribution < 1.29 is 56.0 Å². The van der Waals surface area contributed by atoms with Gasteiger partial charge in [-0.05, 0) is 74.3 Å². The van der Waals surface area contributed by atoms with Crippen molar-refractivity contribution in [2.24, 2.45) is 0 Å². The van der Waals surface area contributed by atoms with Gasteiger partial charge in [0.1, 0.15) is 11.3 Å². The average Bonchev–Trinajstić information content (AvgIpc) is 3.99. The Kier molecular flexibility index (Phi) is 20.0. The zero-order valence-corrected chi connectivity index (χ0v) is 38.9. The number of fused-ring (bicyclic) bond motifs is 1. The van der Waals surface area contributed by atoms with E-state index in [9.17, 15) is 37.7 Å². The zero-order chi connectivity index (χ0) is 48.9. The van der Waals surface area contributed by atoms with Crippen LogP contribution in [-0.4, -0.2) is 132 Å². The molecule has 2 aromatic carbocycles. The predicted molar refractivity (Wildman–Crippen MR) is 242 cm³/mol. The van der Waals surface area contributed by atoms with E-state index in [1.807, 2.05) is 20.8 Å². The monoisotopic (exact) mass is 968 g/mol. The molecular formula is C43H56N10O14S. The lowest BCUT2D eigenvalue weighted by atomic mass is 10.1. The van der Waals surface area contributed by atoms with E-state index in [1.165, 1.54) is 36.4 Å². The summed E-state index contributed by atoms with van der Waals surface area (Å²) in [4.78, 5) is 60.7. The molecule has 0 aliphatic heterocycles. The number of esters is 1. The maximum absolute atomic E-state index is 13.6. The number of carbonyl (C=O) groups is 3. The van der Waals surface area contributed by atoms with E-state index >= 15 is 0 Å². The minimum Gasteiger partial charge on any atom is -0.460 e. The van der Waals surface area contributed by atoms with Gasteiger partial charge < -0.3 is 39.6 Å². The number of hydrogen-bond donors (Lipinski definition) is 3. The van der Waals surface area contributed by atoms with Crippen molar-refractivity contribution in [1.82, 2.24) is 39.9 Å². The summed E-state index contributed by atoms with van der Waals surface area (Å²) in [5.41, 5.74) is -0.311. The minimum atomic E-state index is -4.50. The Morgan fingerprint density at radius 1 is 0.779 bits per heavy atom. The molecule has 0 atom stereocenters. The number of unbranched alkanes of at least 4 members (excludes halogenated alkanes) is 3. The number of anilines is 1. The van der Waals surface area contributed by atoms with E-state index in [0.29, 0.717) is 107 Å². The second kappa shape index (κ2) is 26.0. The van der Waals surface area contributed by atoms with Crippen LogP contribution in [0.15, 0.2) is 75.2 Å². The number of nitrogens with one attached hydrogen (secondary N) is 3. The van der Waals surface area contributed by atoms with Gasteiger partial charge in [-0.15, -0.1) is 5.10 Å². The first kappa shape index (κ1) is 52.3. The number of ether oxygens (including phenoxy) is 5. The molecule has 0 spiro atoms. The first-order chi connectivity index (χ1) is 32.6. The third-order valence-electron chi connectivity index (χ3n) is 9.56. The van der Waals surface area contributed by atoms with Crippen LogP contribution in [0.1, 0.15) is 79.3 Å². The van der Waals surface area contributed by atoms with Crippen molar-refractivity contribution >= 4 is 50.2 Å². The standard InChI is InChI=1S/C43H56N10O14S/c1-43(2,3)66-38(55)11-6-4-5-7-16-45-42(57)32-12-15-37(54)52(29-32)68(60,61)34-10-8-9-31(27-34)41(56)46-28-33-30-51(50-47-33)18-20-63-22-24-65-26-25-64-23-21-62-19-17-44-35-13-14-36(53(58)59)40-39(35)48-67-49-40/h8-10,12-15,27,29-30,44H,4-7,11,16-26,28H2,1-3H3,(H,45,57)(H,46,56). The topological polar surface area (TPSA) is 302 Å². The number of carbonyl (C=O) groups excluding carboxylic acids is 3. The van der Waals surface area contributed by atoms with Gasteiger partial charge in [0.2, 0.25) is 5.52 Å². The zero-order valence-electron chi connectivity index (χ0n) is 38.0. The molecule has 3 heterocycles. The molecule has 0 radical (unpaired) electrons. The Labute approximate surface area is 391 Å². The van der Waals surface area contributed by atoms with Crippen LogP contribution in [-0.2, 0) is 51.6 Å². The summed E-state index contributed by atoms with van der Waals surface area (Å²) in [6.45, 7) is 9.37. The van der Waals surface area contributed by atoms with Crippen LogP contribution >= 0.6 is 0 Å². The predicted octanol–water partition coefficient (Wildman–Crippen LogP) is 3.25. The normalized spacial score (nSPS) is 11.7. The van der Waals surface area contributed by atoms with E-state index in [2.05, 4.69) is 41.2 Å². The van der Waals surface area contributed by atoms with E-state index in [0.717, 1.165) is 31.2 Å². The summed E-state index contributed by atoms with van der Waals surface area (Å²) < 4.78 is 61.3. The maximum Gasteiger partial charge on any atom is 0.306 e. The van der Waals surface area contributed by atoms with Gasteiger partial charge in [0.15, 0.2) is 5.52 Å². The van der Waals surface area contributed by atoms with Crippen molar-refractivity contribution in [2.75, 3.05) is 71.3 Å². The number of rotatable bonds is 30. The largest absolute Gasteiger partial charge is 0.460 e. The molecule has 3 N–H and O–H groups in total. The highest BCUT2D eigenvalue weighted by atomic mass is 32.2. The molecule has 0 bridgehead atoms. The minimum absolute atomic E-state index is 0.00541. The Hall–Kier alpha value is -6.67. The molecule has 68 heavy (non-hydrogen) atoms. The van der Waals surface area contributed by atoms with Crippen LogP contribution in [0.25, 0.3) is 11.0 Å². The molecule has 0 saturated carbocycles. The highest BCUT2D eigenvalue weighted by Gasteiger charge is 2.23. The molecule has 0 aliphatic rings. The van der Waals surface area contributed by atoms with Crippen LogP contribution in [0.4, 0.5) is 11.4 Å². The molecule has 3 aromatic heterocycles. The van der Waals surface area contributed by atoms with E-state index in [1.54, 1.807) is 10.9 Å². The van der Waals surface area contributed by atoms with Crippen molar-refractivity contribution in [2.45, 2.75) is 76.5 Å². The Morgan fingerprint density at radius 3 is 2.18 bits per heavy atom. The lowest BCUT2D eigenvalue weighted by molar-refractivity contribution is -0.383. The summed E-state index contributed by atoms with van der Waals surface area (Å²) in [5, 5.41) is 35.0. The van der Waals surface area contributed by atoms with Gasteiger partial charge >= 0.3 is 11.7 Å². The molecule has 0 fully saturated rings. The van der Waals surface area contributed by atoms with Crippen molar-refractivity contribution in [3.05, 3.63) is 98.2 Å². The van der Waals surface area contributed by atoms with Gasteiger partial charge in [-0.25, -0.2) is 21.7 Å². The van der Waals surface area contributed by atoms with Gasteiger partial charge in [0.25, 0.3) is 27.4 Å². The Bertz CT molecular complexity index is 2630. The van der Waals surface area contributed by atoms with Gasteiger partial charge in [-0.2, -0.15) is 0 Å². The fraction of sp³-hybridized carbons (Fsp3) is 0.488. The molecular weight excluding hydrogens is 913 g/mol. The van der Waals surface area contributed by atoms with Gasteiger partial charge in [0, 0.05) is 43.4 Å². The summed E-state index contributed by atoms with van der Waals surface area (Å²) in [5.74, 6) is -1.41. The fourth-order valence-electron chi connectivity index (χ4n) is 6.27. The van der Waals surface area contributed by atoms with Crippen LogP contribution < -0.4 is 21.5 Å². The number of hydrogen-bond acceptors (Lipinski definition) is 19. The third kappa shape index (κ3) is 16.6. The van der Waals surface area contributed by atoms with Crippen LogP contribution in [0, 0.1) is 10.1 Å². The van der Waals surface area contributed by atoms with E-state index < -0.39 is 37.9 Å². The van der Waals surface area contributed by atoms with Crippen LogP contribution in [0.5, 0.6) is 0 Å². The lowest BCUT2D eigenvalue weighted by Gasteiger charge is -2.19. The Balaban J connectivity index is 0.917. The molecule has 5 rings (SSSR count). The summed E-state index contributed by atoms with van der Waals surface area (Å²) in [6, 6.07) is 10.3. The second-order valence-corrected chi connectivity index (χ2v) is 17.8. The van der Waals surface area contributed by atoms with Crippen molar-refractivity contribution in [3.8, 4) is 0 Å². The van der Waals surface area contributed by atoms with Crippen LogP contribution in [0.3, 0.4) is 0 Å². The summed E-state index contributed by atoms with van der Waals surface area (Å²) >= 11 is 0. The highest BCUT2D eigenvalue weighted by Crippen LogP contribution is 2.28. The number of pyridine rings is 1. The number of aromatic nitrogens is 6. The molecule has 2 amide bonds. The number of amides is 2. The van der Waals surface area contributed by atoms with Crippen LogP contribution in [0.2, 0.25) is 0 Å². The fourth-order valence-corrected chi connectivity index (χ4v) is 7.57. The number of nitro benzene ring substituents is 1. The van der Waals surface area contributed by atoms with Gasteiger partial charge in [-0.1, -0.05) is 24.1 Å². The van der Waals surface area contributed by atoms with E-state index in [-0.39, 0.29) is 45.3 Å². The van der Waals surface area contributed by atoms with Crippen molar-refractivity contribution in [3.63, 3.8) is 0 Å². The van der Waals surface area contributed by atoms with Crippen molar-refractivity contribution in [1.29, 1.82) is 0 Å². The van der Waals surface area contributed by atoms with E-state index in [4.69, 9.17) is 23.7 Å². The summed E-state index contributed by atoms with van der Waals surface area (Å²) in [7, 11) is -4.50.